The van der Waals surface area contributed by atoms with Gasteiger partial charge in [0.2, 0.25) is 0 Å². The Morgan fingerprint density at radius 3 is 2.28 bits per heavy atom. The lowest BCUT2D eigenvalue weighted by atomic mass is 9.75. The maximum atomic E-state index is 6.86. The molecule has 2 nitrogen and oxygen atoms in total. The molecule has 5 rings (SSSR count). The molecular formula is C37H38N2. The topological polar surface area (TPSA) is 52.0 Å². The summed E-state index contributed by atoms with van der Waals surface area (Å²) in [7, 11) is 0. The molecule has 0 saturated heterocycles. The number of aryl methyl sites for hydroxylation is 1. The highest BCUT2D eigenvalue weighted by atomic mass is 14.6. The third kappa shape index (κ3) is 5.53. The Morgan fingerprint density at radius 2 is 1.54 bits per heavy atom. The van der Waals surface area contributed by atoms with Crippen LogP contribution in [0.5, 0.6) is 0 Å². The maximum absolute atomic E-state index is 6.86. The SMILES string of the molecule is Cc1ccccc1C(C)(C)c1ccc(/C(=C\Cc2cccc(C(C)N)c2)c2ccc3ccccc3c2)c(N)c1. The highest BCUT2D eigenvalue weighted by Gasteiger charge is 2.25. The van der Waals surface area contributed by atoms with Crippen molar-refractivity contribution in [3.63, 3.8) is 0 Å². The standard InChI is InChI=1S/C37H38N2/c1-25-10-5-8-15-35(25)37(3,4)32-19-21-34(36(39)24-32)33(20-16-27-11-9-14-29(22-27)26(2)38)31-18-17-28-12-6-7-13-30(28)23-31/h5-15,17-24,26H,16,38-39H2,1-4H3/b33-20-. The fraction of sp³-hybridized carbons (Fsp3) is 0.189. The summed E-state index contributed by atoms with van der Waals surface area (Å²) in [6, 6.07) is 38.9. The minimum absolute atomic E-state index is 0.00804. The van der Waals surface area contributed by atoms with Gasteiger partial charge in [-0.05, 0) is 82.1 Å². The highest BCUT2D eigenvalue weighted by molar-refractivity contribution is 5.92. The third-order valence-corrected chi connectivity index (χ3v) is 7.96. The van der Waals surface area contributed by atoms with Crippen molar-refractivity contribution >= 4 is 22.0 Å². The molecule has 0 saturated carbocycles. The van der Waals surface area contributed by atoms with Gasteiger partial charge < -0.3 is 11.5 Å². The van der Waals surface area contributed by atoms with Gasteiger partial charge in [0, 0.05) is 22.7 Å². The molecular weight excluding hydrogens is 472 g/mol. The molecule has 0 aliphatic carbocycles. The zero-order valence-electron chi connectivity index (χ0n) is 23.4. The predicted molar refractivity (Wildman–Crippen MR) is 168 cm³/mol. The number of hydrogen-bond donors (Lipinski definition) is 2. The van der Waals surface area contributed by atoms with Crippen LogP contribution < -0.4 is 11.5 Å². The molecule has 0 spiro atoms. The number of benzene rings is 5. The summed E-state index contributed by atoms with van der Waals surface area (Å²) in [5, 5.41) is 2.45. The summed E-state index contributed by atoms with van der Waals surface area (Å²) >= 11 is 0. The Hall–Kier alpha value is -4.14. The average molecular weight is 511 g/mol. The Labute approximate surface area is 233 Å². The van der Waals surface area contributed by atoms with Crippen molar-refractivity contribution in [1.82, 2.24) is 0 Å². The Bertz CT molecular complexity index is 1660. The fourth-order valence-electron chi connectivity index (χ4n) is 5.59. The van der Waals surface area contributed by atoms with E-state index < -0.39 is 0 Å². The second-order valence-corrected chi connectivity index (χ2v) is 11.2. The van der Waals surface area contributed by atoms with E-state index in [9.17, 15) is 0 Å². The zero-order valence-corrected chi connectivity index (χ0v) is 23.4. The van der Waals surface area contributed by atoms with E-state index in [2.05, 4.69) is 136 Å². The van der Waals surface area contributed by atoms with E-state index in [4.69, 9.17) is 11.5 Å². The van der Waals surface area contributed by atoms with E-state index in [1.54, 1.807) is 0 Å². The molecule has 0 aliphatic heterocycles. The zero-order chi connectivity index (χ0) is 27.6. The molecule has 0 radical (unpaired) electrons. The van der Waals surface area contributed by atoms with Crippen molar-refractivity contribution in [3.05, 3.63) is 154 Å². The van der Waals surface area contributed by atoms with Gasteiger partial charge in [0.15, 0.2) is 0 Å². The lowest BCUT2D eigenvalue weighted by Gasteiger charge is -2.29. The van der Waals surface area contributed by atoms with Crippen LogP contribution in [0.1, 0.15) is 65.8 Å². The van der Waals surface area contributed by atoms with E-state index in [1.165, 1.54) is 33.0 Å². The number of anilines is 1. The first-order chi connectivity index (χ1) is 18.7. The summed E-state index contributed by atoms with van der Waals surface area (Å²) in [4.78, 5) is 0. The van der Waals surface area contributed by atoms with Crippen LogP contribution in [0.25, 0.3) is 16.3 Å². The summed E-state index contributed by atoms with van der Waals surface area (Å²) in [5.41, 5.74) is 23.2. The van der Waals surface area contributed by atoms with Gasteiger partial charge in [0.25, 0.3) is 0 Å². The van der Waals surface area contributed by atoms with Crippen molar-refractivity contribution in [2.24, 2.45) is 5.73 Å². The quantitative estimate of drug-likeness (QED) is 0.215. The van der Waals surface area contributed by atoms with Gasteiger partial charge in [-0.2, -0.15) is 0 Å². The molecule has 5 aromatic carbocycles. The minimum atomic E-state index is -0.163. The summed E-state index contributed by atoms with van der Waals surface area (Å²) < 4.78 is 0. The average Bonchev–Trinajstić information content (AvgIpc) is 2.94. The van der Waals surface area contributed by atoms with Crippen LogP contribution in [0.3, 0.4) is 0 Å². The number of nitrogens with two attached hydrogens (primary N) is 2. The van der Waals surface area contributed by atoms with Crippen LogP contribution in [0.15, 0.2) is 115 Å². The normalized spacial score (nSPS) is 13.0. The summed E-state index contributed by atoms with van der Waals surface area (Å²) in [6.07, 6.45) is 3.10. The number of hydrogen-bond acceptors (Lipinski definition) is 2. The maximum Gasteiger partial charge on any atom is 0.0396 e. The van der Waals surface area contributed by atoms with Crippen LogP contribution in [0.4, 0.5) is 5.69 Å². The molecule has 1 atom stereocenters. The van der Waals surface area contributed by atoms with Gasteiger partial charge in [-0.25, -0.2) is 0 Å². The molecule has 0 aliphatic rings. The van der Waals surface area contributed by atoms with Crippen molar-refractivity contribution in [2.45, 2.75) is 45.6 Å². The van der Waals surface area contributed by atoms with Crippen molar-refractivity contribution < 1.29 is 0 Å². The molecule has 4 N–H and O–H groups in total. The Balaban J connectivity index is 1.59. The predicted octanol–water partition coefficient (Wildman–Crippen LogP) is 8.75. The van der Waals surface area contributed by atoms with Gasteiger partial charge in [0.1, 0.15) is 0 Å². The molecule has 0 amide bonds. The molecule has 1 unspecified atom stereocenters. The molecule has 5 aromatic rings. The second-order valence-electron chi connectivity index (χ2n) is 11.2. The Morgan fingerprint density at radius 1 is 0.795 bits per heavy atom. The molecule has 0 bridgehead atoms. The largest absolute Gasteiger partial charge is 0.398 e. The van der Waals surface area contributed by atoms with Crippen LogP contribution in [-0.2, 0) is 11.8 Å². The van der Waals surface area contributed by atoms with Gasteiger partial charge in [-0.15, -0.1) is 0 Å². The summed E-state index contributed by atoms with van der Waals surface area (Å²) in [6.45, 7) is 8.75. The lowest BCUT2D eigenvalue weighted by molar-refractivity contribution is 0.636. The van der Waals surface area contributed by atoms with Gasteiger partial charge in [0.05, 0.1) is 0 Å². The van der Waals surface area contributed by atoms with Crippen molar-refractivity contribution in [2.75, 3.05) is 5.73 Å². The van der Waals surface area contributed by atoms with Crippen LogP contribution in [-0.4, -0.2) is 0 Å². The number of nitrogen functional groups attached to an aromatic ring is 1. The third-order valence-electron chi connectivity index (χ3n) is 7.96. The van der Waals surface area contributed by atoms with Crippen molar-refractivity contribution in [1.29, 1.82) is 0 Å². The minimum Gasteiger partial charge on any atom is -0.398 e. The summed E-state index contributed by atoms with van der Waals surface area (Å²) in [5.74, 6) is 0. The van der Waals surface area contributed by atoms with E-state index in [0.717, 1.165) is 34.4 Å². The monoisotopic (exact) mass is 510 g/mol. The van der Waals surface area contributed by atoms with Crippen LogP contribution >= 0.6 is 0 Å². The van der Waals surface area contributed by atoms with E-state index in [-0.39, 0.29) is 11.5 Å². The molecule has 0 fully saturated rings. The first-order valence-electron chi connectivity index (χ1n) is 13.7. The molecule has 0 heterocycles. The van der Waals surface area contributed by atoms with Gasteiger partial charge in [-0.3, -0.25) is 0 Å². The number of rotatable bonds is 7. The van der Waals surface area contributed by atoms with Gasteiger partial charge in [-0.1, -0.05) is 117 Å². The second kappa shape index (κ2) is 10.9. The molecule has 2 heteroatoms. The van der Waals surface area contributed by atoms with E-state index in [1.807, 2.05) is 6.92 Å². The van der Waals surface area contributed by atoms with Crippen LogP contribution in [0, 0.1) is 6.92 Å². The van der Waals surface area contributed by atoms with E-state index >= 15 is 0 Å². The molecule has 39 heavy (non-hydrogen) atoms. The molecule has 0 aromatic heterocycles. The highest BCUT2D eigenvalue weighted by Crippen LogP contribution is 2.37. The molecule has 196 valence electrons. The van der Waals surface area contributed by atoms with Crippen molar-refractivity contribution in [3.8, 4) is 0 Å². The fourth-order valence-corrected chi connectivity index (χ4v) is 5.59. The number of allylic oxidation sites excluding steroid dienone is 1. The van der Waals surface area contributed by atoms with Crippen LogP contribution in [0.2, 0.25) is 0 Å². The first kappa shape index (κ1) is 26.5. The van der Waals surface area contributed by atoms with E-state index in [0.29, 0.717) is 0 Å². The Kier molecular flexibility index (Phi) is 7.41. The first-order valence-corrected chi connectivity index (χ1v) is 13.7. The lowest BCUT2D eigenvalue weighted by Crippen LogP contribution is -2.20. The smallest absolute Gasteiger partial charge is 0.0396 e. The van der Waals surface area contributed by atoms with Gasteiger partial charge >= 0.3 is 0 Å². The number of fused-ring (bicyclic) bond motifs is 1.